The molecule has 7 heteroatoms. The van der Waals surface area contributed by atoms with Crippen LogP contribution in [0.5, 0.6) is 0 Å². The van der Waals surface area contributed by atoms with E-state index >= 15 is 0 Å². The summed E-state index contributed by atoms with van der Waals surface area (Å²) in [6.07, 6.45) is -1.37. The van der Waals surface area contributed by atoms with Crippen molar-refractivity contribution in [1.82, 2.24) is 5.32 Å². The van der Waals surface area contributed by atoms with Crippen molar-refractivity contribution in [2.24, 2.45) is 0 Å². The number of carboxylic acid groups (broad SMARTS) is 1. The van der Waals surface area contributed by atoms with Crippen molar-refractivity contribution < 1.29 is 28.9 Å². The van der Waals surface area contributed by atoms with E-state index in [1.54, 1.807) is 0 Å². The van der Waals surface area contributed by atoms with Crippen LogP contribution in [-0.4, -0.2) is 49.3 Å². The topological polar surface area (TPSA) is 94.1 Å². The van der Waals surface area contributed by atoms with E-state index in [0.717, 1.165) is 22.3 Å². The third kappa shape index (κ3) is 3.72. The van der Waals surface area contributed by atoms with Crippen molar-refractivity contribution in [2.75, 3.05) is 19.8 Å². The number of amides is 1. The van der Waals surface area contributed by atoms with Gasteiger partial charge in [-0.15, -0.1) is 0 Å². The van der Waals surface area contributed by atoms with Crippen LogP contribution in [0.15, 0.2) is 48.5 Å². The van der Waals surface area contributed by atoms with Gasteiger partial charge in [0.15, 0.2) is 6.29 Å². The van der Waals surface area contributed by atoms with Crippen LogP contribution >= 0.6 is 0 Å². The van der Waals surface area contributed by atoms with Crippen molar-refractivity contribution >= 4 is 12.1 Å². The van der Waals surface area contributed by atoms with E-state index in [9.17, 15) is 14.7 Å². The molecule has 28 heavy (non-hydrogen) atoms. The highest BCUT2D eigenvalue weighted by atomic mass is 16.7. The maximum atomic E-state index is 12.2. The van der Waals surface area contributed by atoms with Crippen LogP contribution in [0.4, 0.5) is 4.79 Å². The molecule has 1 fully saturated rings. The summed E-state index contributed by atoms with van der Waals surface area (Å²) in [4.78, 5) is 23.7. The minimum atomic E-state index is -1.16. The average molecular weight is 383 g/mol. The van der Waals surface area contributed by atoms with Crippen molar-refractivity contribution in [3.05, 3.63) is 59.7 Å². The molecule has 0 aromatic heterocycles. The Labute approximate surface area is 162 Å². The Kier molecular flexibility index (Phi) is 5.27. The van der Waals surface area contributed by atoms with E-state index in [4.69, 9.17) is 14.2 Å². The second kappa shape index (κ2) is 8.00. The number of carboxylic acids is 1. The second-order valence-corrected chi connectivity index (χ2v) is 6.77. The zero-order valence-electron chi connectivity index (χ0n) is 15.2. The van der Waals surface area contributed by atoms with Crippen molar-refractivity contribution in [3.63, 3.8) is 0 Å². The summed E-state index contributed by atoms with van der Waals surface area (Å²) < 4.78 is 15.9. The van der Waals surface area contributed by atoms with Gasteiger partial charge in [0.2, 0.25) is 0 Å². The van der Waals surface area contributed by atoms with Gasteiger partial charge in [-0.25, -0.2) is 9.59 Å². The Bertz CT molecular complexity index is 831. The molecule has 1 aliphatic carbocycles. The first kappa shape index (κ1) is 18.5. The molecule has 146 valence electrons. The van der Waals surface area contributed by atoms with Gasteiger partial charge in [-0.3, -0.25) is 0 Å². The molecule has 0 saturated carbocycles. The Balaban J connectivity index is 1.41. The highest BCUT2D eigenvalue weighted by molar-refractivity contribution is 5.81. The molecule has 2 aliphatic rings. The largest absolute Gasteiger partial charge is 0.480 e. The van der Waals surface area contributed by atoms with Crippen molar-refractivity contribution in [3.8, 4) is 11.1 Å². The standard InChI is InChI=1S/C21H21NO6/c23-20(24)18(11-19-26-9-10-27-19)22-21(25)28-12-17-15-7-3-1-5-13(15)14-6-2-4-8-16(14)17/h1-8,17-19H,9-12H2,(H,22,25)(H,23,24). The van der Waals surface area contributed by atoms with Gasteiger partial charge in [0.25, 0.3) is 0 Å². The third-order valence-corrected chi connectivity index (χ3v) is 5.05. The van der Waals surface area contributed by atoms with Gasteiger partial charge >= 0.3 is 12.1 Å². The van der Waals surface area contributed by atoms with Crippen LogP contribution in [0.1, 0.15) is 23.5 Å². The van der Waals surface area contributed by atoms with Crippen LogP contribution in [0.3, 0.4) is 0 Å². The number of carbonyl (C=O) groups is 2. The monoisotopic (exact) mass is 383 g/mol. The van der Waals surface area contributed by atoms with E-state index in [0.29, 0.717) is 13.2 Å². The smallest absolute Gasteiger partial charge is 0.407 e. The molecule has 1 saturated heterocycles. The zero-order chi connectivity index (χ0) is 19.5. The number of benzene rings is 2. The zero-order valence-corrected chi connectivity index (χ0v) is 15.2. The molecular formula is C21H21NO6. The number of carbonyl (C=O) groups excluding carboxylic acids is 1. The summed E-state index contributed by atoms with van der Waals surface area (Å²) >= 11 is 0. The first-order valence-corrected chi connectivity index (χ1v) is 9.21. The lowest BCUT2D eigenvalue weighted by atomic mass is 9.98. The lowest BCUT2D eigenvalue weighted by molar-refractivity contribution is -0.142. The number of ether oxygens (including phenoxy) is 3. The maximum absolute atomic E-state index is 12.2. The molecular weight excluding hydrogens is 362 g/mol. The maximum Gasteiger partial charge on any atom is 0.407 e. The van der Waals surface area contributed by atoms with Crippen LogP contribution in [0.25, 0.3) is 11.1 Å². The van der Waals surface area contributed by atoms with Crippen LogP contribution in [0.2, 0.25) is 0 Å². The molecule has 0 bridgehead atoms. The normalized spacial score (nSPS) is 17.0. The highest BCUT2D eigenvalue weighted by Gasteiger charge is 2.31. The number of hydrogen-bond acceptors (Lipinski definition) is 5. The van der Waals surface area contributed by atoms with Crippen molar-refractivity contribution in [1.29, 1.82) is 0 Å². The van der Waals surface area contributed by atoms with Crippen LogP contribution in [-0.2, 0) is 19.0 Å². The van der Waals surface area contributed by atoms with Gasteiger partial charge < -0.3 is 24.6 Å². The lowest BCUT2D eigenvalue weighted by Crippen LogP contribution is -2.43. The van der Waals surface area contributed by atoms with E-state index in [1.807, 2.05) is 36.4 Å². The summed E-state index contributed by atoms with van der Waals surface area (Å²) in [6.45, 7) is 0.965. The first-order valence-electron chi connectivity index (χ1n) is 9.21. The van der Waals surface area contributed by atoms with Gasteiger partial charge in [-0.1, -0.05) is 48.5 Å². The number of nitrogens with one attached hydrogen (secondary N) is 1. The summed E-state index contributed by atoms with van der Waals surface area (Å²) in [7, 11) is 0. The van der Waals surface area contributed by atoms with Gasteiger partial charge in [0, 0.05) is 12.3 Å². The molecule has 0 spiro atoms. The first-order chi connectivity index (χ1) is 13.6. The number of aliphatic carboxylic acids is 1. The SMILES string of the molecule is O=C(NC(CC1OCCO1)C(=O)O)OCC1c2ccccc2-c2ccccc21. The summed E-state index contributed by atoms with van der Waals surface area (Å²) in [6, 6.07) is 14.9. The molecule has 1 unspecified atom stereocenters. The van der Waals surface area contributed by atoms with Gasteiger partial charge in [0.05, 0.1) is 13.2 Å². The molecule has 0 radical (unpaired) electrons. The molecule has 1 amide bonds. The fourth-order valence-corrected chi connectivity index (χ4v) is 3.74. The number of rotatable bonds is 6. The molecule has 2 N–H and O–H groups in total. The van der Waals surface area contributed by atoms with E-state index in [1.165, 1.54) is 0 Å². The van der Waals surface area contributed by atoms with E-state index in [-0.39, 0.29) is 18.9 Å². The highest BCUT2D eigenvalue weighted by Crippen LogP contribution is 2.44. The van der Waals surface area contributed by atoms with Crippen LogP contribution < -0.4 is 5.32 Å². The van der Waals surface area contributed by atoms with Gasteiger partial charge in [-0.2, -0.15) is 0 Å². The molecule has 1 atom stereocenters. The molecule has 4 rings (SSSR count). The van der Waals surface area contributed by atoms with Crippen molar-refractivity contribution in [2.45, 2.75) is 24.7 Å². The average Bonchev–Trinajstić information content (AvgIpc) is 3.32. The molecule has 2 aromatic carbocycles. The lowest BCUT2D eigenvalue weighted by Gasteiger charge is -2.19. The summed E-state index contributed by atoms with van der Waals surface area (Å²) in [5.41, 5.74) is 4.45. The van der Waals surface area contributed by atoms with Gasteiger partial charge in [-0.05, 0) is 22.3 Å². The molecule has 7 nitrogen and oxygen atoms in total. The Hall–Kier alpha value is -2.90. The fraction of sp³-hybridized carbons (Fsp3) is 0.333. The van der Waals surface area contributed by atoms with E-state index in [2.05, 4.69) is 17.4 Å². The fourth-order valence-electron chi connectivity index (χ4n) is 3.74. The minimum Gasteiger partial charge on any atom is -0.480 e. The predicted octanol–water partition coefficient (Wildman–Crippen LogP) is 2.74. The summed E-state index contributed by atoms with van der Waals surface area (Å²) in [5, 5.41) is 11.7. The Morgan fingerprint density at radius 1 is 1.04 bits per heavy atom. The Morgan fingerprint density at radius 3 is 2.18 bits per heavy atom. The van der Waals surface area contributed by atoms with Crippen LogP contribution in [0, 0.1) is 0 Å². The van der Waals surface area contributed by atoms with Gasteiger partial charge in [0.1, 0.15) is 12.6 Å². The number of fused-ring (bicyclic) bond motifs is 3. The number of alkyl carbamates (subject to hydrolysis) is 1. The minimum absolute atomic E-state index is 0.0273. The Morgan fingerprint density at radius 2 is 1.61 bits per heavy atom. The summed E-state index contributed by atoms with van der Waals surface area (Å²) in [5.74, 6) is -1.24. The van der Waals surface area contributed by atoms with E-state index < -0.39 is 24.4 Å². The quantitative estimate of drug-likeness (QED) is 0.797. The molecule has 1 aliphatic heterocycles. The second-order valence-electron chi connectivity index (χ2n) is 6.77. The predicted molar refractivity (Wildman–Crippen MR) is 99.9 cm³/mol. The third-order valence-electron chi connectivity index (χ3n) is 5.05. The molecule has 2 aromatic rings. The molecule has 1 heterocycles. The number of hydrogen-bond donors (Lipinski definition) is 2.